The number of ether oxygens (including phenoxy) is 2. The van der Waals surface area contributed by atoms with Crippen LogP contribution in [0.25, 0.3) is 0 Å². The molecule has 1 heterocycles. The number of hydrogen-bond donors (Lipinski definition) is 0. The summed E-state index contributed by atoms with van der Waals surface area (Å²) in [5.41, 5.74) is 0.420. The van der Waals surface area contributed by atoms with E-state index in [1.165, 1.54) is 18.4 Å². The Labute approximate surface area is 109 Å². The number of nitrogens with zero attached hydrogens (tertiary/aromatic N) is 1. The molecule has 0 N–H and O–H groups in total. The summed E-state index contributed by atoms with van der Waals surface area (Å²) in [6.07, 6.45) is 1.33. The van der Waals surface area contributed by atoms with Crippen LogP contribution in [0.3, 0.4) is 0 Å². The van der Waals surface area contributed by atoms with Crippen LogP contribution in [0.2, 0.25) is 0 Å². The predicted molar refractivity (Wildman–Crippen MR) is 68.9 cm³/mol. The summed E-state index contributed by atoms with van der Waals surface area (Å²) in [4.78, 5) is 16.1. The minimum absolute atomic E-state index is 0.359. The van der Waals surface area contributed by atoms with Crippen molar-refractivity contribution in [2.24, 2.45) is 0 Å². The molecular weight excluding hydrogens is 250 g/mol. The number of methoxy groups -OCH3 is 1. The third-order valence-electron chi connectivity index (χ3n) is 2.41. The number of hydrogen-bond acceptors (Lipinski definition) is 5. The third-order valence-corrected chi connectivity index (χ3v) is 3.35. The molecule has 94 valence electrons. The molecule has 0 bridgehead atoms. The van der Waals surface area contributed by atoms with Crippen LogP contribution in [0.4, 0.5) is 0 Å². The van der Waals surface area contributed by atoms with Crippen molar-refractivity contribution < 1.29 is 14.3 Å². The van der Waals surface area contributed by atoms with Gasteiger partial charge >= 0.3 is 5.97 Å². The van der Waals surface area contributed by atoms with Crippen LogP contribution in [0.15, 0.2) is 35.8 Å². The first-order valence-electron chi connectivity index (χ1n) is 5.45. The van der Waals surface area contributed by atoms with Crippen LogP contribution in [-0.4, -0.2) is 18.1 Å². The van der Waals surface area contributed by atoms with Gasteiger partial charge in [-0.2, -0.15) is 0 Å². The quantitative estimate of drug-likeness (QED) is 0.795. The van der Waals surface area contributed by atoms with Crippen molar-refractivity contribution in [3.05, 3.63) is 46.4 Å². The van der Waals surface area contributed by atoms with Gasteiger partial charge in [-0.25, -0.2) is 9.78 Å². The highest BCUT2D eigenvalue weighted by Crippen LogP contribution is 2.24. The molecule has 0 radical (unpaired) electrons. The van der Waals surface area contributed by atoms with E-state index >= 15 is 0 Å². The van der Waals surface area contributed by atoms with Crippen molar-refractivity contribution in [1.29, 1.82) is 0 Å². The van der Waals surface area contributed by atoms with Gasteiger partial charge in [0.2, 0.25) is 0 Å². The number of esters is 1. The van der Waals surface area contributed by atoms with E-state index in [2.05, 4.69) is 4.98 Å². The topological polar surface area (TPSA) is 48.4 Å². The zero-order valence-corrected chi connectivity index (χ0v) is 10.9. The van der Waals surface area contributed by atoms with Gasteiger partial charge in [0.1, 0.15) is 16.3 Å². The molecule has 0 unspecified atom stereocenters. The van der Waals surface area contributed by atoms with Crippen molar-refractivity contribution >= 4 is 17.3 Å². The van der Waals surface area contributed by atoms with E-state index in [9.17, 15) is 4.79 Å². The fourth-order valence-electron chi connectivity index (χ4n) is 1.52. The van der Waals surface area contributed by atoms with Crippen molar-refractivity contribution in [3.8, 4) is 5.75 Å². The third kappa shape index (κ3) is 2.68. The minimum Gasteiger partial charge on any atom is -0.496 e. The molecule has 0 fully saturated rings. The Balaban J connectivity index is 2.12. The van der Waals surface area contributed by atoms with Crippen molar-refractivity contribution in [2.45, 2.75) is 13.0 Å². The monoisotopic (exact) mass is 263 g/mol. The number of carbonyl (C=O) groups is 1. The maximum Gasteiger partial charge on any atom is 0.342 e. The molecule has 0 amide bonds. The van der Waals surface area contributed by atoms with Gasteiger partial charge in [-0.1, -0.05) is 12.1 Å². The summed E-state index contributed by atoms with van der Waals surface area (Å²) < 4.78 is 10.5. The predicted octanol–water partition coefficient (Wildman–Crippen LogP) is 3.07. The molecule has 0 saturated heterocycles. The Bertz CT molecular complexity index is 525. The summed E-state index contributed by atoms with van der Waals surface area (Å²) in [5.74, 6) is 0.101. The Morgan fingerprint density at radius 2 is 2.17 bits per heavy atom. The first kappa shape index (κ1) is 12.6. The molecule has 4 nitrogen and oxygen atoms in total. The minimum atomic E-state index is -0.407. The van der Waals surface area contributed by atoms with E-state index in [1.807, 2.05) is 5.38 Å². The lowest BCUT2D eigenvalue weighted by Crippen LogP contribution is -2.10. The summed E-state index contributed by atoms with van der Waals surface area (Å²) in [6, 6.07) is 6.98. The fraction of sp³-hybridized carbons (Fsp3) is 0.231. The van der Waals surface area contributed by atoms with Crippen molar-refractivity contribution in [1.82, 2.24) is 4.98 Å². The van der Waals surface area contributed by atoms with Gasteiger partial charge in [0.15, 0.2) is 6.10 Å². The van der Waals surface area contributed by atoms with Gasteiger partial charge in [0.25, 0.3) is 0 Å². The van der Waals surface area contributed by atoms with E-state index < -0.39 is 5.97 Å². The zero-order valence-electron chi connectivity index (χ0n) is 10.1. The standard InChI is InChI=1S/C13H13NO3S/c1-9(12-14-7-8-18-12)17-13(15)10-5-3-4-6-11(10)16-2/h3-9H,1-2H3/t9-/m1/s1. The number of para-hydroxylation sites is 1. The van der Waals surface area contributed by atoms with Crippen LogP contribution in [0, 0.1) is 0 Å². The van der Waals surface area contributed by atoms with Crippen molar-refractivity contribution in [2.75, 3.05) is 7.11 Å². The van der Waals surface area contributed by atoms with Gasteiger partial charge in [-0.3, -0.25) is 0 Å². The average molecular weight is 263 g/mol. The molecule has 2 rings (SSSR count). The van der Waals surface area contributed by atoms with E-state index in [1.54, 1.807) is 37.4 Å². The summed E-state index contributed by atoms with van der Waals surface area (Å²) in [5, 5.41) is 2.63. The molecule has 2 aromatic rings. The number of rotatable bonds is 4. The summed E-state index contributed by atoms with van der Waals surface area (Å²) in [7, 11) is 1.52. The molecule has 0 aliphatic heterocycles. The molecule has 0 spiro atoms. The SMILES string of the molecule is COc1ccccc1C(=O)O[C@H](C)c1nccs1. The molecule has 0 aliphatic carbocycles. The summed E-state index contributed by atoms with van der Waals surface area (Å²) >= 11 is 1.46. The number of carbonyl (C=O) groups excluding carboxylic acids is 1. The molecule has 1 atom stereocenters. The van der Waals surface area contributed by atoms with Gasteiger partial charge in [-0.05, 0) is 19.1 Å². The van der Waals surface area contributed by atoms with Crippen molar-refractivity contribution in [3.63, 3.8) is 0 Å². The van der Waals surface area contributed by atoms with E-state index in [4.69, 9.17) is 9.47 Å². The largest absolute Gasteiger partial charge is 0.496 e. The van der Waals surface area contributed by atoms with Gasteiger partial charge in [0, 0.05) is 11.6 Å². The molecule has 18 heavy (non-hydrogen) atoms. The lowest BCUT2D eigenvalue weighted by Gasteiger charge is -2.12. The normalized spacial score (nSPS) is 11.9. The smallest absolute Gasteiger partial charge is 0.342 e. The Hall–Kier alpha value is -1.88. The Kier molecular flexibility index (Phi) is 3.94. The first-order valence-corrected chi connectivity index (χ1v) is 6.33. The molecule has 1 aromatic carbocycles. The lowest BCUT2D eigenvalue weighted by molar-refractivity contribution is 0.0334. The Morgan fingerprint density at radius 1 is 1.39 bits per heavy atom. The summed E-state index contributed by atoms with van der Waals surface area (Å²) in [6.45, 7) is 1.80. The molecule has 1 aromatic heterocycles. The number of benzene rings is 1. The maximum absolute atomic E-state index is 12.0. The van der Waals surface area contributed by atoms with Gasteiger partial charge in [-0.15, -0.1) is 11.3 Å². The molecule has 5 heteroatoms. The maximum atomic E-state index is 12.0. The highest BCUT2D eigenvalue weighted by Gasteiger charge is 2.18. The Morgan fingerprint density at radius 3 is 2.83 bits per heavy atom. The number of thiazole rings is 1. The van der Waals surface area contributed by atoms with Gasteiger partial charge in [0.05, 0.1) is 7.11 Å². The second-order valence-corrected chi connectivity index (χ2v) is 4.54. The van der Waals surface area contributed by atoms with E-state index in [0.717, 1.165) is 5.01 Å². The van der Waals surface area contributed by atoms with Gasteiger partial charge < -0.3 is 9.47 Å². The van der Waals surface area contributed by atoms with Crippen LogP contribution in [0.1, 0.15) is 28.4 Å². The van der Waals surface area contributed by atoms with Crippen LogP contribution in [-0.2, 0) is 4.74 Å². The fourth-order valence-corrected chi connectivity index (χ4v) is 2.15. The second kappa shape index (κ2) is 5.64. The second-order valence-electron chi connectivity index (χ2n) is 3.62. The zero-order chi connectivity index (χ0) is 13.0. The first-order chi connectivity index (χ1) is 8.72. The average Bonchev–Trinajstić information content (AvgIpc) is 2.92. The molecular formula is C13H13NO3S. The highest BCUT2D eigenvalue weighted by molar-refractivity contribution is 7.09. The van der Waals surface area contributed by atoms with Crippen LogP contribution < -0.4 is 4.74 Å². The van der Waals surface area contributed by atoms with E-state index in [-0.39, 0.29) is 6.10 Å². The lowest BCUT2D eigenvalue weighted by atomic mass is 10.2. The highest BCUT2D eigenvalue weighted by atomic mass is 32.1. The van der Waals surface area contributed by atoms with Crippen LogP contribution in [0.5, 0.6) is 5.75 Å². The number of aromatic nitrogens is 1. The van der Waals surface area contributed by atoms with E-state index in [0.29, 0.717) is 11.3 Å². The molecule has 0 saturated carbocycles. The van der Waals surface area contributed by atoms with Crippen LogP contribution >= 0.6 is 11.3 Å². The molecule has 0 aliphatic rings.